The van der Waals surface area contributed by atoms with Crippen LogP contribution in [-0.2, 0) is 11.4 Å². The maximum absolute atomic E-state index is 13.1. The van der Waals surface area contributed by atoms with Gasteiger partial charge in [-0.2, -0.15) is 5.26 Å². The first-order valence-electron chi connectivity index (χ1n) is 10.4. The summed E-state index contributed by atoms with van der Waals surface area (Å²) in [6.07, 6.45) is 1.43. The Balaban J connectivity index is 1.85. The number of hydrogen-bond donors (Lipinski definition) is 1. The standard InChI is InChI=1S/C26H21ClFIN2O5/c1-33-22-12-21(23(34-2)11-19(22)27)31-26(32)17(13-30)8-16-9-20(29)25(24(10-16)35-3)36-14-15-4-6-18(28)7-5-15/h4-12H,14H2,1-3H3,(H,31,32)/b17-8+. The van der Waals surface area contributed by atoms with Gasteiger partial charge in [0, 0.05) is 12.1 Å². The number of nitrogens with zero attached hydrogens (tertiary/aromatic N) is 1. The average molecular weight is 623 g/mol. The molecule has 7 nitrogen and oxygen atoms in total. The molecule has 0 unspecified atom stereocenters. The molecule has 36 heavy (non-hydrogen) atoms. The van der Waals surface area contributed by atoms with Crippen molar-refractivity contribution in [3.8, 4) is 29.1 Å². The monoisotopic (exact) mass is 622 g/mol. The molecular weight excluding hydrogens is 602 g/mol. The highest BCUT2D eigenvalue weighted by atomic mass is 127. The number of methoxy groups -OCH3 is 3. The second kappa shape index (κ2) is 12.5. The zero-order valence-corrected chi connectivity index (χ0v) is 22.4. The first kappa shape index (κ1) is 27.1. The molecule has 0 aromatic heterocycles. The maximum Gasteiger partial charge on any atom is 0.266 e. The van der Waals surface area contributed by atoms with Crippen molar-refractivity contribution in [2.45, 2.75) is 6.61 Å². The fraction of sp³-hybridized carbons (Fsp3) is 0.154. The minimum absolute atomic E-state index is 0.149. The number of carbonyl (C=O) groups excluding carboxylic acids is 1. The summed E-state index contributed by atoms with van der Waals surface area (Å²) in [5.74, 6) is 0.576. The van der Waals surface area contributed by atoms with Gasteiger partial charge in [-0.15, -0.1) is 0 Å². The van der Waals surface area contributed by atoms with Crippen LogP contribution in [0.15, 0.2) is 54.1 Å². The van der Waals surface area contributed by atoms with Crippen LogP contribution in [0.2, 0.25) is 5.02 Å². The Labute approximate surface area is 226 Å². The fourth-order valence-corrected chi connectivity index (χ4v) is 4.17. The lowest BCUT2D eigenvalue weighted by molar-refractivity contribution is -0.112. The van der Waals surface area contributed by atoms with Gasteiger partial charge in [0.15, 0.2) is 11.5 Å². The molecule has 10 heteroatoms. The van der Waals surface area contributed by atoms with Crippen molar-refractivity contribution >= 4 is 51.9 Å². The molecule has 0 spiro atoms. The SMILES string of the molecule is COc1cc(NC(=O)/C(C#N)=C/c2cc(I)c(OCc3ccc(F)cc3)c(OC)c2)c(OC)cc1Cl. The smallest absolute Gasteiger partial charge is 0.266 e. The van der Waals surface area contributed by atoms with E-state index in [1.165, 1.54) is 51.7 Å². The predicted octanol–water partition coefficient (Wildman–Crippen LogP) is 6.23. The summed E-state index contributed by atoms with van der Waals surface area (Å²) < 4.78 is 35.7. The number of ether oxygens (including phenoxy) is 4. The van der Waals surface area contributed by atoms with Gasteiger partial charge in [0.2, 0.25) is 0 Å². The van der Waals surface area contributed by atoms with Gasteiger partial charge in [0.1, 0.15) is 35.6 Å². The molecule has 0 fully saturated rings. The molecule has 0 heterocycles. The summed E-state index contributed by atoms with van der Waals surface area (Å²) in [5, 5.41) is 12.6. The quantitative estimate of drug-likeness (QED) is 0.173. The Morgan fingerprint density at radius 3 is 2.33 bits per heavy atom. The Morgan fingerprint density at radius 1 is 1.06 bits per heavy atom. The fourth-order valence-electron chi connectivity index (χ4n) is 3.16. The molecule has 0 saturated heterocycles. The van der Waals surface area contributed by atoms with E-state index in [-0.39, 0.29) is 18.0 Å². The molecule has 0 atom stereocenters. The molecular formula is C26H21ClFIN2O5. The molecule has 186 valence electrons. The van der Waals surface area contributed by atoms with Crippen LogP contribution in [0.25, 0.3) is 6.08 Å². The van der Waals surface area contributed by atoms with Crippen molar-refractivity contribution in [2.75, 3.05) is 26.6 Å². The number of amides is 1. The van der Waals surface area contributed by atoms with Gasteiger partial charge in [-0.05, 0) is 64.1 Å². The van der Waals surface area contributed by atoms with Crippen LogP contribution in [0, 0.1) is 20.7 Å². The molecule has 0 radical (unpaired) electrons. The third-order valence-electron chi connectivity index (χ3n) is 4.95. The number of rotatable bonds is 9. The van der Waals surface area contributed by atoms with E-state index in [9.17, 15) is 14.4 Å². The third kappa shape index (κ3) is 6.59. The summed E-state index contributed by atoms with van der Waals surface area (Å²) in [7, 11) is 4.37. The van der Waals surface area contributed by atoms with Crippen molar-refractivity contribution in [3.63, 3.8) is 0 Å². The van der Waals surface area contributed by atoms with Crippen LogP contribution >= 0.6 is 34.2 Å². The van der Waals surface area contributed by atoms with Crippen LogP contribution in [0.4, 0.5) is 10.1 Å². The molecule has 3 aromatic carbocycles. The largest absolute Gasteiger partial charge is 0.495 e. The summed E-state index contributed by atoms with van der Waals surface area (Å²) in [5.41, 5.74) is 1.49. The van der Waals surface area contributed by atoms with Gasteiger partial charge in [0.25, 0.3) is 5.91 Å². The summed E-state index contributed by atoms with van der Waals surface area (Å²) in [6.45, 7) is 0.208. The molecule has 0 bridgehead atoms. The van der Waals surface area contributed by atoms with E-state index in [0.717, 1.165) is 5.56 Å². The van der Waals surface area contributed by atoms with Crippen LogP contribution in [0.3, 0.4) is 0 Å². The normalized spacial score (nSPS) is 10.9. The molecule has 1 N–H and O–H groups in total. The Hall–Kier alpha value is -3.49. The zero-order valence-electron chi connectivity index (χ0n) is 19.5. The molecule has 0 aliphatic rings. The lowest BCUT2D eigenvalue weighted by Gasteiger charge is -2.14. The number of hydrogen-bond acceptors (Lipinski definition) is 6. The van der Waals surface area contributed by atoms with Crippen LogP contribution in [0.1, 0.15) is 11.1 Å². The number of halogens is 3. The Bertz CT molecular complexity index is 1340. The van der Waals surface area contributed by atoms with E-state index in [1.54, 1.807) is 24.3 Å². The highest BCUT2D eigenvalue weighted by molar-refractivity contribution is 14.1. The van der Waals surface area contributed by atoms with Gasteiger partial charge < -0.3 is 24.3 Å². The van der Waals surface area contributed by atoms with Crippen molar-refractivity contribution < 1.29 is 28.1 Å². The maximum atomic E-state index is 13.1. The highest BCUT2D eigenvalue weighted by Gasteiger charge is 2.17. The first-order valence-corrected chi connectivity index (χ1v) is 11.8. The lowest BCUT2D eigenvalue weighted by atomic mass is 10.1. The van der Waals surface area contributed by atoms with Crippen molar-refractivity contribution in [3.05, 3.63) is 79.6 Å². The second-order valence-corrected chi connectivity index (χ2v) is 8.83. The molecule has 0 aliphatic carbocycles. The van der Waals surface area contributed by atoms with Crippen molar-refractivity contribution in [2.24, 2.45) is 0 Å². The Morgan fingerprint density at radius 2 is 1.72 bits per heavy atom. The van der Waals surface area contributed by atoms with Crippen LogP contribution in [0.5, 0.6) is 23.0 Å². The van der Waals surface area contributed by atoms with E-state index in [2.05, 4.69) is 27.9 Å². The Kier molecular flexibility index (Phi) is 9.38. The van der Waals surface area contributed by atoms with Crippen LogP contribution < -0.4 is 24.3 Å². The van der Waals surface area contributed by atoms with Gasteiger partial charge in [-0.3, -0.25) is 4.79 Å². The summed E-state index contributed by atoms with van der Waals surface area (Å²) >= 11 is 8.19. The number of nitriles is 1. The predicted molar refractivity (Wildman–Crippen MR) is 143 cm³/mol. The van der Waals surface area contributed by atoms with Gasteiger partial charge in [-0.25, -0.2) is 4.39 Å². The number of anilines is 1. The minimum Gasteiger partial charge on any atom is -0.495 e. The first-order chi connectivity index (χ1) is 17.3. The third-order valence-corrected chi connectivity index (χ3v) is 6.04. The van der Waals surface area contributed by atoms with E-state index >= 15 is 0 Å². The highest BCUT2D eigenvalue weighted by Crippen LogP contribution is 2.37. The zero-order chi connectivity index (χ0) is 26.2. The molecule has 1 amide bonds. The van der Waals surface area contributed by atoms with E-state index < -0.39 is 5.91 Å². The van der Waals surface area contributed by atoms with Gasteiger partial charge in [-0.1, -0.05) is 23.7 Å². The van der Waals surface area contributed by atoms with E-state index in [4.69, 9.17) is 30.5 Å². The topological polar surface area (TPSA) is 89.8 Å². The number of benzene rings is 3. The molecule has 0 saturated carbocycles. The van der Waals surface area contributed by atoms with Gasteiger partial charge >= 0.3 is 0 Å². The molecule has 3 rings (SSSR count). The average Bonchev–Trinajstić information content (AvgIpc) is 2.87. The summed E-state index contributed by atoms with van der Waals surface area (Å²) in [6, 6.07) is 14.3. The van der Waals surface area contributed by atoms with Crippen molar-refractivity contribution in [1.29, 1.82) is 5.26 Å². The van der Waals surface area contributed by atoms with E-state index in [0.29, 0.717) is 42.8 Å². The lowest BCUT2D eigenvalue weighted by Crippen LogP contribution is -2.14. The molecule has 0 aliphatic heterocycles. The molecule has 3 aromatic rings. The van der Waals surface area contributed by atoms with Gasteiger partial charge in [0.05, 0.1) is 35.6 Å². The minimum atomic E-state index is -0.647. The number of nitrogens with one attached hydrogen (secondary N) is 1. The summed E-state index contributed by atoms with van der Waals surface area (Å²) in [4.78, 5) is 12.9. The van der Waals surface area contributed by atoms with Crippen molar-refractivity contribution in [1.82, 2.24) is 0 Å². The van der Waals surface area contributed by atoms with Crippen LogP contribution in [-0.4, -0.2) is 27.2 Å². The number of carbonyl (C=O) groups is 1. The second-order valence-electron chi connectivity index (χ2n) is 7.26. The van der Waals surface area contributed by atoms with E-state index in [1.807, 2.05) is 6.07 Å².